The Kier molecular flexibility index (Phi) is 7.05. The Balaban J connectivity index is 2.62. The molecule has 22 heavy (non-hydrogen) atoms. The van der Waals surface area contributed by atoms with Crippen LogP contribution in [-0.2, 0) is 4.79 Å². The molecule has 0 fully saturated rings. The molecule has 0 saturated heterocycles. The number of nitrogens with one attached hydrogen (secondary N) is 1. The van der Waals surface area contributed by atoms with Gasteiger partial charge in [-0.05, 0) is 43.4 Å². The van der Waals surface area contributed by atoms with Gasteiger partial charge in [0.05, 0.1) is 4.92 Å². The van der Waals surface area contributed by atoms with Crippen molar-refractivity contribution in [3.63, 3.8) is 0 Å². The number of nitrogens with zero attached hydrogens (tertiary/aromatic N) is 1. The van der Waals surface area contributed by atoms with E-state index in [1.54, 1.807) is 6.07 Å². The summed E-state index contributed by atoms with van der Waals surface area (Å²) in [5.41, 5.74) is 0.385. The zero-order chi connectivity index (χ0) is 16.7. The van der Waals surface area contributed by atoms with Crippen LogP contribution in [0.4, 0.5) is 5.69 Å². The van der Waals surface area contributed by atoms with Crippen molar-refractivity contribution in [2.24, 2.45) is 5.92 Å². The summed E-state index contributed by atoms with van der Waals surface area (Å²) in [7, 11) is 0. The quantitative estimate of drug-likeness (QED) is 0.464. The molecule has 1 aromatic carbocycles. The molecule has 0 bridgehead atoms. The van der Waals surface area contributed by atoms with Gasteiger partial charge in [0.15, 0.2) is 0 Å². The molecule has 1 unspecified atom stereocenters. The lowest BCUT2D eigenvalue weighted by Crippen LogP contribution is -2.31. The van der Waals surface area contributed by atoms with E-state index in [1.807, 2.05) is 6.92 Å². The minimum atomic E-state index is -0.548. The Morgan fingerprint density at radius 3 is 2.64 bits per heavy atom. The molecule has 0 aliphatic rings. The lowest BCUT2D eigenvalue weighted by Gasteiger charge is -2.13. The average Bonchev–Trinajstić information content (AvgIpc) is 2.44. The third-order valence-electron chi connectivity index (χ3n) is 3.16. The van der Waals surface area contributed by atoms with E-state index in [1.165, 1.54) is 24.3 Å². The summed E-state index contributed by atoms with van der Waals surface area (Å²) in [6, 6.07) is 4.51. The van der Waals surface area contributed by atoms with Crippen molar-refractivity contribution in [1.82, 2.24) is 5.32 Å². The number of carbonyl (C=O) groups excluding carboxylic acids is 1. The lowest BCUT2D eigenvalue weighted by atomic mass is 10.0. The van der Waals surface area contributed by atoms with E-state index in [0.29, 0.717) is 11.5 Å². The molecule has 0 heterocycles. The first kappa shape index (κ1) is 18.2. The monoisotopic (exact) mass is 324 g/mol. The first-order valence-corrected chi connectivity index (χ1v) is 7.60. The number of carbonyl (C=O) groups is 1. The number of nitro benzene ring substituents is 1. The van der Waals surface area contributed by atoms with Crippen LogP contribution >= 0.6 is 11.6 Å². The second-order valence-corrected chi connectivity index (χ2v) is 6.09. The van der Waals surface area contributed by atoms with E-state index in [2.05, 4.69) is 19.2 Å². The molecule has 0 aliphatic carbocycles. The molecule has 1 amide bonds. The highest BCUT2D eigenvalue weighted by Crippen LogP contribution is 2.25. The molecule has 1 N–H and O–H groups in total. The van der Waals surface area contributed by atoms with Crippen LogP contribution in [0.1, 0.15) is 39.2 Å². The van der Waals surface area contributed by atoms with E-state index >= 15 is 0 Å². The van der Waals surface area contributed by atoms with E-state index in [0.717, 1.165) is 12.8 Å². The molecule has 0 aromatic heterocycles. The van der Waals surface area contributed by atoms with Gasteiger partial charge in [-0.15, -0.1) is 0 Å². The van der Waals surface area contributed by atoms with Gasteiger partial charge in [0.1, 0.15) is 5.02 Å². The number of benzene rings is 1. The fourth-order valence-electron chi connectivity index (χ4n) is 1.89. The van der Waals surface area contributed by atoms with Gasteiger partial charge in [0, 0.05) is 18.2 Å². The topological polar surface area (TPSA) is 72.2 Å². The van der Waals surface area contributed by atoms with Gasteiger partial charge in [0.25, 0.3) is 5.69 Å². The first-order chi connectivity index (χ1) is 10.3. The summed E-state index contributed by atoms with van der Waals surface area (Å²) in [5.74, 6) is 0.387. The van der Waals surface area contributed by atoms with Gasteiger partial charge in [-0.1, -0.05) is 31.5 Å². The highest BCUT2D eigenvalue weighted by molar-refractivity contribution is 6.32. The number of hydrogen-bond acceptors (Lipinski definition) is 3. The fraction of sp³-hybridized carbons (Fsp3) is 0.438. The van der Waals surface area contributed by atoms with E-state index in [4.69, 9.17) is 11.6 Å². The summed E-state index contributed by atoms with van der Waals surface area (Å²) in [6.45, 7) is 6.24. The Hall–Kier alpha value is -1.88. The van der Waals surface area contributed by atoms with Gasteiger partial charge in [-0.3, -0.25) is 14.9 Å². The maximum Gasteiger partial charge on any atom is 0.288 e. The van der Waals surface area contributed by atoms with Crippen LogP contribution in [-0.4, -0.2) is 16.9 Å². The number of hydrogen-bond donors (Lipinski definition) is 1. The summed E-state index contributed by atoms with van der Waals surface area (Å²) in [4.78, 5) is 22.1. The van der Waals surface area contributed by atoms with Crippen LogP contribution in [0.15, 0.2) is 24.3 Å². The molecule has 5 nitrogen and oxygen atoms in total. The van der Waals surface area contributed by atoms with Gasteiger partial charge in [0.2, 0.25) is 5.91 Å². The van der Waals surface area contributed by atoms with Crippen LogP contribution in [0.3, 0.4) is 0 Å². The standard InChI is InChI=1S/C16H21ClN2O3/c1-11(2)4-5-12(3)18-16(20)9-7-13-6-8-14(17)15(10-13)19(21)22/h6-12H,4-5H2,1-3H3,(H,18,20). The average molecular weight is 325 g/mol. The SMILES string of the molecule is CC(C)CCC(C)NC(=O)C=Cc1ccc(Cl)c([N+](=O)[O-])c1. The molecular formula is C16H21ClN2O3. The van der Waals surface area contributed by atoms with Crippen molar-refractivity contribution < 1.29 is 9.72 Å². The van der Waals surface area contributed by atoms with Gasteiger partial charge in [-0.25, -0.2) is 0 Å². The van der Waals surface area contributed by atoms with Gasteiger partial charge >= 0.3 is 0 Å². The number of amides is 1. The summed E-state index contributed by atoms with van der Waals surface area (Å²) < 4.78 is 0. The van der Waals surface area contributed by atoms with Crippen LogP contribution in [0.25, 0.3) is 6.08 Å². The molecule has 0 radical (unpaired) electrons. The Labute approximate surface area is 135 Å². The third-order valence-corrected chi connectivity index (χ3v) is 3.48. The molecule has 1 aromatic rings. The van der Waals surface area contributed by atoms with Crippen molar-refractivity contribution in [1.29, 1.82) is 0 Å². The van der Waals surface area contributed by atoms with Crippen LogP contribution in [0, 0.1) is 16.0 Å². The lowest BCUT2D eigenvalue weighted by molar-refractivity contribution is -0.384. The number of rotatable bonds is 7. The minimum absolute atomic E-state index is 0.0777. The maximum atomic E-state index is 11.8. The Morgan fingerprint density at radius 2 is 2.05 bits per heavy atom. The Bertz CT molecular complexity index is 571. The molecule has 1 rings (SSSR count). The second-order valence-electron chi connectivity index (χ2n) is 5.68. The maximum absolute atomic E-state index is 11.8. The van der Waals surface area contributed by atoms with Crippen molar-refractivity contribution in [2.45, 2.75) is 39.7 Å². The van der Waals surface area contributed by atoms with Crippen molar-refractivity contribution in [3.8, 4) is 0 Å². The summed E-state index contributed by atoms with van der Waals surface area (Å²) in [5, 5.41) is 13.7. The number of nitro groups is 1. The predicted molar refractivity (Wildman–Crippen MR) is 88.8 cm³/mol. The molecule has 6 heteroatoms. The van der Waals surface area contributed by atoms with Crippen molar-refractivity contribution in [2.75, 3.05) is 0 Å². The van der Waals surface area contributed by atoms with E-state index in [9.17, 15) is 14.9 Å². The van der Waals surface area contributed by atoms with Crippen LogP contribution in [0.5, 0.6) is 0 Å². The summed E-state index contributed by atoms with van der Waals surface area (Å²) in [6.07, 6.45) is 4.88. The van der Waals surface area contributed by atoms with E-state index in [-0.39, 0.29) is 22.7 Å². The molecule has 120 valence electrons. The van der Waals surface area contributed by atoms with Crippen LogP contribution < -0.4 is 5.32 Å². The molecule has 0 aliphatic heterocycles. The van der Waals surface area contributed by atoms with Crippen molar-refractivity contribution in [3.05, 3.63) is 45.0 Å². The first-order valence-electron chi connectivity index (χ1n) is 7.22. The third kappa shape index (κ3) is 6.26. The minimum Gasteiger partial charge on any atom is -0.350 e. The van der Waals surface area contributed by atoms with Crippen molar-refractivity contribution >= 4 is 29.3 Å². The van der Waals surface area contributed by atoms with E-state index < -0.39 is 4.92 Å². The highest BCUT2D eigenvalue weighted by atomic mass is 35.5. The molecule has 0 saturated carbocycles. The zero-order valence-electron chi connectivity index (χ0n) is 13.0. The van der Waals surface area contributed by atoms with Gasteiger partial charge in [-0.2, -0.15) is 0 Å². The molecule has 1 atom stereocenters. The second kappa shape index (κ2) is 8.54. The molecule has 0 spiro atoms. The normalized spacial score (nSPS) is 12.6. The summed E-state index contributed by atoms with van der Waals surface area (Å²) >= 11 is 5.74. The van der Waals surface area contributed by atoms with Gasteiger partial charge < -0.3 is 5.32 Å². The Morgan fingerprint density at radius 1 is 1.36 bits per heavy atom. The zero-order valence-corrected chi connectivity index (χ0v) is 13.8. The molecular weight excluding hydrogens is 304 g/mol. The number of halogens is 1. The largest absolute Gasteiger partial charge is 0.350 e. The van der Waals surface area contributed by atoms with Crippen LogP contribution in [0.2, 0.25) is 5.02 Å². The highest BCUT2D eigenvalue weighted by Gasteiger charge is 2.12. The fourth-order valence-corrected chi connectivity index (χ4v) is 2.08. The smallest absolute Gasteiger partial charge is 0.288 e. The predicted octanol–water partition coefficient (Wildman–Crippen LogP) is 4.20.